The van der Waals surface area contributed by atoms with Crippen molar-refractivity contribution in [2.75, 3.05) is 18.2 Å². The third-order valence-electron chi connectivity index (χ3n) is 3.41. The first-order valence-electron chi connectivity index (χ1n) is 7.74. The zero-order valence-corrected chi connectivity index (χ0v) is 16.4. The maximum Gasteiger partial charge on any atom is 0.243 e. The summed E-state index contributed by atoms with van der Waals surface area (Å²) in [5.41, 5.74) is 0.738. The number of thioether (sulfide) groups is 1. The van der Waals surface area contributed by atoms with Crippen LogP contribution in [0.4, 0.5) is 5.13 Å². The van der Waals surface area contributed by atoms with Gasteiger partial charge in [-0.25, -0.2) is 0 Å². The maximum atomic E-state index is 12.1. The van der Waals surface area contributed by atoms with Crippen molar-refractivity contribution in [1.29, 1.82) is 0 Å². The van der Waals surface area contributed by atoms with Crippen LogP contribution in [0.3, 0.4) is 0 Å². The zero-order chi connectivity index (χ0) is 18.7. The molecule has 0 spiro atoms. The lowest BCUT2D eigenvalue weighted by molar-refractivity contribution is -0.113. The number of aromatic nitrogens is 7. The number of anilines is 1. The molecule has 0 radical (unpaired) electrons. The molecule has 0 aliphatic carbocycles. The topological polar surface area (TPSA) is 113 Å². The SMILES string of the molecule is CCc1nnc(NC(=O)CSc2nnc(-c3cn(C)nc3OC)n2C)s1. The normalized spacial score (nSPS) is 10.9. The van der Waals surface area contributed by atoms with Crippen LogP contribution in [0.15, 0.2) is 11.4 Å². The minimum absolute atomic E-state index is 0.169. The third kappa shape index (κ3) is 3.85. The van der Waals surface area contributed by atoms with Crippen molar-refractivity contribution in [2.24, 2.45) is 14.1 Å². The Bertz CT molecular complexity index is 916. The van der Waals surface area contributed by atoms with Crippen molar-refractivity contribution < 1.29 is 9.53 Å². The van der Waals surface area contributed by atoms with Gasteiger partial charge in [-0.3, -0.25) is 14.8 Å². The molecule has 1 N–H and O–H groups in total. The quantitative estimate of drug-likeness (QED) is 0.598. The van der Waals surface area contributed by atoms with Gasteiger partial charge in [0.2, 0.25) is 16.9 Å². The van der Waals surface area contributed by atoms with Crippen molar-refractivity contribution in [3.05, 3.63) is 11.2 Å². The molecule has 138 valence electrons. The molecule has 26 heavy (non-hydrogen) atoms. The van der Waals surface area contributed by atoms with Gasteiger partial charge in [0, 0.05) is 20.3 Å². The molecular formula is C14H18N8O2S2. The van der Waals surface area contributed by atoms with E-state index in [4.69, 9.17) is 4.74 Å². The van der Waals surface area contributed by atoms with Gasteiger partial charge in [0.05, 0.1) is 12.9 Å². The second-order valence-electron chi connectivity index (χ2n) is 5.28. The van der Waals surface area contributed by atoms with Crippen LogP contribution in [-0.4, -0.2) is 53.5 Å². The summed E-state index contributed by atoms with van der Waals surface area (Å²) in [5.74, 6) is 1.11. The first kappa shape index (κ1) is 18.3. The minimum atomic E-state index is -0.169. The highest BCUT2D eigenvalue weighted by atomic mass is 32.2. The van der Waals surface area contributed by atoms with Crippen LogP contribution in [0.5, 0.6) is 5.88 Å². The van der Waals surface area contributed by atoms with Gasteiger partial charge in [-0.15, -0.1) is 25.5 Å². The highest BCUT2D eigenvalue weighted by Crippen LogP contribution is 2.29. The molecule has 0 aromatic carbocycles. The maximum absolute atomic E-state index is 12.1. The van der Waals surface area contributed by atoms with Gasteiger partial charge in [0.15, 0.2) is 11.0 Å². The highest BCUT2D eigenvalue weighted by Gasteiger charge is 2.19. The molecule has 3 heterocycles. The van der Waals surface area contributed by atoms with Crippen LogP contribution < -0.4 is 10.1 Å². The number of carbonyl (C=O) groups is 1. The molecule has 3 aromatic rings. The van der Waals surface area contributed by atoms with Crippen LogP contribution in [0.1, 0.15) is 11.9 Å². The molecule has 0 unspecified atom stereocenters. The summed E-state index contributed by atoms with van der Waals surface area (Å²) in [4.78, 5) is 12.1. The van der Waals surface area contributed by atoms with Gasteiger partial charge in [0.1, 0.15) is 10.6 Å². The summed E-state index contributed by atoms with van der Waals surface area (Å²) < 4.78 is 8.72. The number of methoxy groups -OCH3 is 1. The number of nitrogens with zero attached hydrogens (tertiary/aromatic N) is 7. The van der Waals surface area contributed by atoms with E-state index < -0.39 is 0 Å². The molecule has 10 nitrogen and oxygen atoms in total. The first-order valence-corrected chi connectivity index (χ1v) is 9.54. The monoisotopic (exact) mass is 394 g/mol. The van der Waals surface area contributed by atoms with E-state index in [0.29, 0.717) is 22.0 Å². The van der Waals surface area contributed by atoms with Gasteiger partial charge >= 0.3 is 0 Å². The van der Waals surface area contributed by atoms with Crippen LogP contribution in [0, 0.1) is 0 Å². The van der Waals surface area contributed by atoms with E-state index in [0.717, 1.165) is 17.0 Å². The molecule has 3 aromatic heterocycles. The molecule has 0 saturated heterocycles. The van der Waals surface area contributed by atoms with E-state index in [1.54, 1.807) is 23.4 Å². The molecule has 0 saturated carbocycles. The number of carbonyl (C=O) groups excluding carboxylic acids is 1. The van der Waals surface area contributed by atoms with E-state index in [1.807, 2.05) is 20.2 Å². The molecule has 0 aliphatic rings. The highest BCUT2D eigenvalue weighted by molar-refractivity contribution is 7.99. The average molecular weight is 394 g/mol. The summed E-state index contributed by atoms with van der Waals surface area (Å²) in [6.45, 7) is 1.99. The van der Waals surface area contributed by atoms with Crippen LogP contribution in [0.2, 0.25) is 0 Å². The van der Waals surface area contributed by atoms with Gasteiger partial charge in [-0.2, -0.15) is 0 Å². The van der Waals surface area contributed by atoms with E-state index in [-0.39, 0.29) is 11.7 Å². The molecule has 12 heteroatoms. The molecule has 3 rings (SSSR count). The summed E-state index contributed by atoms with van der Waals surface area (Å²) in [5, 5.41) is 25.2. The summed E-state index contributed by atoms with van der Waals surface area (Å²) in [6, 6.07) is 0. The smallest absolute Gasteiger partial charge is 0.243 e. The fourth-order valence-electron chi connectivity index (χ4n) is 2.18. The van der Waals surface area contributed by atoms with Gasteiger partial charge in [-0.1, -0.05) is 30.0 Å². The van der Waals surface area contributed by atoms with Crippen molar-refractivity contribution in [2.45, 2.75) is 18.5 Å². The van der Waals surface area contributed by atoms with Gasteiger partial charge in [0.25, 0.3) is 0 Å². The van der Waals surface area contributed by atoms with E-state index in [2.05, 4.69) is 30.8 Å². The lowest BCUT2D eigenvalue weighted by Gasteiger charge is -2.03. The number of hydrogen-bond donors (Lipinski definition) is 1. The Kier molecular flexibility index (Phi) is 5.52. The fourth-order valence-corrected chi connectivity index (χ4v) is 3.59. The number of amides is 1. The molecule has 0 bridgehead atoms. The summed E-state index contributed by atoms with van der Waals surface area (Å²) >= 11 is 2.66. The zero-order valence-electron chi connectivity index (χ0n) is 14.8. The number of rotatable bonds is 7. The van der Waals surface area contributed by atoms with Crippen LogP contribution in [-0.2, 0) is 25.3 Å². The van der Waals surface area contributed by atoms with Crippen molar-refractivity contribution in [3.8, 4) is 17.3 Å². The first-order chi connectivity index (χ1) is 12.5. The Morgan fingerprint density at radius 2 is 2.12 bits per heavy atom. The Morgan fingerprint density at radius 3 is 2.81 bits per heavy atom. The lowest BCUT2D eigenvalue weighted by atomic mass is 10.3. The summed E-state index contributed by atoms with van der Waals surface area (Å²) in [6.07, 6.45) is 2.60. The third-order valence-corrected chi connectivity index (χ3v) is 5.42. The largest absolute Gasteiger partial charge is 0.479 e. The number of aryl methyl sites for hydroxylation is 2. The van der Waals surface area contributed by atoms with Crippen molar-refractivity contribution in [1.82, 2.24) is 34.7 Å². The Labute approximate surface area is 158 Å². The van der Waals surface area contributed by atoms with Crippen LogP contribution in [0.25, 0.3) is 11.4 Å². The van der Waals surface area contributed by atoms with E-state index >= 15 is 0 Å². The van der Waals surface area contributed by atoms with Gasteiger partial charge in [-0.05, 0) is 6.42 Å². The van der Waals surface area contributed by atoms with E-state index in [1.165, 1.54) is 23.1 Å². The Morgan fingerprint density at radius 1 is 1.31 bits per heavy atom. The minimum Gasteiger partial charge on any atom is -0.479 e. The molecular weight excluding hydrogens is 376 g/mol. The second-order valence-corrected chi connectivity index (χ2v) is 7.29. The Hall–Kier alpha value is -2.47. The van der Waals surface area contributed by atoms with Crippen molar-refractivity contribution in [3.63, 3.8) is 0 Å². The fraction of sp³-hybridized carbons (Fsp3) is 0.429. The van der Waals surface area contributed by atoms with E-state index in [9.17, 15) is 4.79 Å². The van der Waals surface area contributed by atoms with Crippen molar-refractivity contribution >= 4 is 34.1 Å². The predicted octanol–water partition coefficient (Wildman–Crippen LogP) is 1.37. The summed E-state index contributed by atoms with van der Waals surface area (Å²) in [7, 11) is 5.19. The predicted molar refractivity (Wildman–Crippen MR) is 98.4 cm³/mol. The second kappa shape index (κ2) is 7.83. The number of hydrogen-bond acceptors (Lipinski definition) is 9. The number of nitrogens with one attached hydrogen (secondary N) is 1. The molecule has 0 fully saturated rings. The lowest BCUT2D eigenvalue weighted by Crippen LogP contribution is -2.14. The molecule has 0 atom stereocenters. The standard InChI is InChI=1S/C14H18N8O2S2/c1-5-10-16-18-13(26-10)15-9(23)7-25-14-19-17-11(22(14)3)8-6-21(2)20-12(8)24-4/h6H,5,7H2,1-4H3,(H,15,18,23). The number of ether oxygens (including phenoxy) is 1. The average Bonchev–Trinajstić information content (AvgIpc) is 3.31. The van der Waals surface area contributed by atoms with Crippen LogP contribution >= 0.6 is 23.1 Å². The molecule has 1 amide bonds. The Balaban J connectivity index is 1.65. The van der Waals surface area contributed by atoms with Gasteiger partial charge < -0.3 is 9.30 Å². The molecule has 0 aliphatic heterocycles.